The molecule has 2 fully saturated rings. The highest BCUT2D eigenvalue weighted by Gasteiger charge is 2.28. The van der Waals surface area contributed by atoms with E-state index in [9.17, 15) is 9.90 Å². The van der Waals surface area contributed by atoms with Crippen molar-refractivity contribution in [2.45, 2.75) is 38.1 Å². The summed E-state index contributed by atoms with van der Waals surface area (Å²) in [6, 6.07) is 26.9. The summed E-state index contributed by atoms with van der Waals surface area (Å²) >= 11 is 0. The molecule has 0 unspecified atom stereocenters. The van der Waals surface area contributed by atoms with Crippen molar-refractivity contribution in [3.05, 3.63) is 84.4 Å². The molecule has 0 aliphatic carbocycles. The first-order valence-electron chi connectivity index (χ1n) is 13.6. The Hall–Kier alpha value is -3.51. The van der Waals surface area contributed by atoms with Crippen LogP contribution in [0.3, 0.4) is 0 Å². The second kappa shape index (κ2) is 12.2. The molecule has 0 bridgehead atoms. The average molecular weight is 499 g/mol. The summed E-state index contributed by atoms with van der Waals surface area (Å²) in [7, 11) is 0. The van der Waals surface area contributed by atoms with Crippen LogP contribution in [0.5, 0.6) is 5.75 Å². The molecule has 2 heterocycles. The zero-order valence-electron chi connectivity index (χ0n) is 21.6. The molecule has 37 heavy (non-hydrogen) atoms. The minimum absolute atomic E-state index is 0.0785. The van der Waals surface area contributed by atoms with E-state index >= 15 is 0 Å². The number of amides is 1. The van der Waals surface area contributed by atoms with Crippen LogP contribution in [0.15, 0.2) is 78.9 Å². The Kier molecular flexibility index (Phi) is 8.26. The van der Waals surface area contributed by atoms with Crippen molar-refractivity contribution in [1.29, 1.82) is 0 Å². The number of hydrogen-bond acceptors (Lipinski definition) is 5. The molecule has 194 valence electrons. The first-order chi connectivity index (χ1) is 18.2. The zero-order valence-corrected chi connectivity index (χ0v) is 21.6. The van der Waals surface area contributed by atoms with E-state index in [0.717, 1.165) is 76.3 Å². The minimum Gasteiger partial charge on any atom is -0.506 e. The number of aromatic hydroxyl groups is 1. The highest BCUT2D eigenvalue weighted by atomic mass is 16.3. The molecule has 6 heteroatoms. The van der Waals surface area contributed by atoms with Crippen molar-refractivity contribution in [3.8, 4) is 5.75 Å². The van der Waals surface area contributed by atoms with Gasteiger partial charge in [0.05, 0.1) is 5.69 Å². The van der Waals surface area contributed by atoms with Crippen LogP contribution in [0, 0.1) is 0 Å². The Labute approximate surface area is 220 Å². The molecule has 3 aromatic carbocycles. The van der Waals surface area contributed by atoms with Crippen LogP contribution in [0.4, 0.5) is 17.1 Å². The normalized spacial score (nSPS) is 17.1. The molecular formula is C31H38N4O2. The zero-order chi connectivity index (χ0) is 25.5. The standard InChI is InChI=1S/C31H38N4O2/c36-30-14-5-4-13-29(30)35-22-20-34(21-23-35)27-16-18-33(19-17-27)28-12-7-11-26(24-28)32-31(37)15-6-10-25-8-2-1-3-9-25/h1-5,7-9,11-14,24,27,36H,6,10,15-23H2,(H,32,37). The first-order valence-corrected chi connectivity index (χ1v) is 13.6. The van der Waals surface area contributed by atoms with Gasteiger partial charge in [0.15, 0.2) is 0 Å². The smallest absolute Gasteiger partial charge is 0.224 e. The first kappa shape index (κ1) is 25.2. The van der Waals surface area contributed by atoms with Gasteiger partial charge in [0.1, 0.15) is 5.75 Å². The van der Waals surface area contributed by atoms with E-state index in [0.29, 0.717) is 18.2 Å². The van der Waals surface area contributed by atoms with Crippen molar-refractivity contribution in [2.24, 2.45) is 0 Å². The van der Waals surface area contributed by atoms with E-state index in [1.165, 1.54) is 11.3 Å². The second-order valence-corrected chi connectivity index (χ2v) is 10.2. The van der Waals surface area contributed by atoms with Gasteiger partial charge in [0, 0.05) is 63.1 Å². The van der Waals surface area contributed by atoms with E-state index in [1.54, 1.807) is 6.07 Å². The fourth-order valence-corrected chi connectivity index (χ4v) is 5.65. The van der Waals surface area contributed by atoms with Gasteiger partial charge < -0.3 is 20.2 Å². The van der Waals surface area contributed by atoms with Crippen LogP contribution in [-0.4, -0.2) is 61.2 Å². The van der Waals surface area contributed by atoms with E-state index in [2.05, 4.69) is 44.3 Å². The van der Waals surface area contributed by atoms with Crippen molar-refractivity contribution in [3.63, 3.8) is 0 Å². The van der Waals surface area contributed by atoms with Gasteiger partial charge in [-0.3, -0.25) is 9.69 Å². The molecule has 0 atom stereocenters. The molecule has 0 saturated carbocycles. The fourth-order valence-electron chi connectivity index (χ4n) is 5.65. The number of hydrogen-bond donors (Lipinski definition) is 2. The number of aryl methyl sites for hydroxylation is 1. The third kappa shape index (κ3) is 6.63. The van der Waals surface area contributed by atoms with E-state index in [4.69, 9.17) is 0 Å². The number of carbonyl (C=O) groups excluding carboxylic acids is 1. The molecule has 2 saturated heterocycles. The molecule has 2 N–H and O–H groups in total. The highest BCUT2D eigenvalue weighted by molar-refractivity contribution is 5.91. The molecule has 2 aliphatic heterocycles. The number of carbonyl (C=O) groups is 1. The Morgan fingerprint density at radius 1 is 0.811 bits per heavy atom. The van der Waals surface area contributed by atoms with Gasteiger partial charge >= 0.3 is 0 Å². The maximum Gasteiger partial charge on any atom is 0.224 e. The number of nitrogens with one attached hydrogen (secondary N) is 1. The molecule has 6 nitrogen and oxygen atoms in total. The lowest BCUT2D eigenvalue weighted by Crippen LogP contribution is -2.53. The SMILES string of the molecule is O=C(CCCc1ccccc1)Nc1cccc(N2CCC(N3CCN(c4ccccc4O)CC3)CC2)c1. The van der Waals surface area contributed by atoms with Crippen LogP contribution in [-0.2, 0) is 11.2 Å². The minimum atomic E-state index is 0.0785. The molecule has 5 rings (SSSR count). The van der Waals surface area contributed by atoms with Crippen LogP contribution in [0.25, 0.3) is 0 Å². The Morgan fingerprint density at radius 2 is 1.54 bits per heavy atom. The lowest BCUT2D eigenvalue weighted by molar-refractivity contribution is -0.116. The predicted octanol–water partition coefficient (Wildman–Crippen LogP) is 5.14. The predicted molar refractivity (Wildman–Crippen MR) is 152 cm³/mol. The van der Waals surface area contributed by atoms with Gasteiger partial charge in [-0.1, -0.05) is 48.5 Å². The van der Waals surface area contributed by atoms with Crippen molar-refractivity contribution < 1.29 is 9.90 Å². The van der Waals surface area contributed by atoms with Gasteiger partial charge in [0.2, 0.25) is 5.91 Å². The second-order valence-electron chi connectivity index (χ2n) is 10.2. The Morgan fingerprint density at radius 3 is 2.30 bits per heavy atom. The van der Waals surface area contributed by atoms with Gasteiger partial charge in [-0.25, -0.2) is 0 Å². The number of anilines is 3. The van der Waals surface area contributed by atoms with E-state index < -0.39 is 0 Å². The molecule has 2 aliphatic rings. The van der Waals surface area contributed by atoms with Gasteiger partial charge in [-0.05, 0) is 61.6 Å². The summed E-state index contributed by atoms with van der Waals surface area (Å²) in [6.07, 6.45) is 4.60. The molecule has 1 amide bonds. The summed E-state index contributed by atoms with van der Waals surface area (Å²) < 4.78 is 0. The topological polar surface area (TPSA) is 59.1 Å². The van der Waals surface area contributed by atoms with Crippen LogP contribution in [0.1, 0.15) is 31.2 Å². The lowest BCUT2D eigenvalue weighted by Gasteiger charge is -2.44. The number of benzene rings is 3. The monoisotopic (exact) mass is 498 g/mol. The number of piperidine rings is 1. The Bertz CT molecular complexity index is 1150. The maximum atomic E-state index is 12.5. The van der Waals surface area contributed by atoms with Gasteiger partial charge in [0.25, 0.3) is 0 Å². The molecule has 0 radical (unpaired) electrons. The van der Waals surface area contributed by atoms with Crippen LogP contribution in [0.2, 0.25) is 0 Å². The summed E-state index contributed by atoms with van der Waals surface area (Å²) in [5.41, 5.74) is 4.28. The number of para-hydroxylation sites is 2. The van der Waals surface area contributed by atoms with E-state index in [-0.39, 0.29) is 5.91 Å². The fraction of sp³-hybridized carbons (Fsp3) is 0.387. The quantitative estimate of drug-likeness (QED) is 0.450. The third-order valence-electron chi connectivity index (χ3n) is 7.72. The summed E-state index contributed by atoms with van der Waals surface area (Å²) in [6.45, 7) is 6.02. The highest BCUT2D eigenvalue weighted by Crippen LogP contribution is 2.29. The molecule has 0 spiro atoms. The van der Waals surface area contributed by atoms with Gasteiger partial charge in [-0.2, -0.15) is 0 Å². The average Bonchev–Trinajstić information content (AvgIpc) is 2.94. The molecular weight excluding hydrogens is 460 g/mol. The van der Waals surface area contributed by atoms with Crippen LogP contribution < -0.4 is 15.1 Å². The van der Waals surface area contributed by atoms with Crippen molar-refractivity contribution >= 4 is 23.0 Å². The summed E-state index contributed by atoms with van der Waals surface area (Å²) in [5.74, 6) is 0.449. The summed E-state index contributed by atoms with van der Waals surface area (Å²) in [4.78, 5) is 19.9. The maximum absolute atomic E-state index is 12.5. The molecule has 3 aromatic rings. The van der Waals surface area contributed by atoms with E-state index in [1.807, 2.05) is 48.5 Å². The number of nitrogens with zero attached hydrogens (tertiary/aromatic N) is 3. The number of rotatable bonds is 8. The summed E-state index contributed by atoms with van der Waals surface area (Å²) in [5, 5.41) is 13.3. The number of phenolic OH excluding ortho intramolecular Hbond substituents is 1. The van der Waals surface area contributed by atoms with Crippen LogP contribution >= 0.6 is 0 Å². The lowest BCUT2D eigenvalue weighted by atomic mass is 10.0. The third-order valence-corrected chi connectivity index (χ3v) is 7.72. The largest absolute Gasteiger partial charge is 0.506 e. The molecule has 0 aromatic heterocycles. The Balaban J connectivity index is 1.07. The number of piperazine rings is 1. The van der Waals surface area contributed by atoms with Crippen molar-refractivity contribution in [1.82, 2.24) is 4.90 Å². The van der Waals surface area contributed by atoms with Gasteiger partial charge in [-0.15, -0.1) is 0 Å². The number of phenols is 1. The van der Waals surface area contributed by atoms with Crippen molar-refractivity contribution in [2.75, 3.05) is 54.4 Å².